The van der Waals surface area contributed by atoms with Gasteiger partial charge in [-0.1, -0.05) is 78.9 Å². The lowest BCUT2D eigenvalue weighted by atomic mass is 10.0. The third kappa shape index (κ3) is 3.80. The molecule has 0 saturated heterocycles. The summed E-state index contributed by atoms with van der Waals surface area (Å²) >= 11 is 0. The lowest BCUT2D eigenvalue weighted by Gasteiger charge is -2.24. The predicted octanol–water partition coefficient (Wildman–Crippen LogP) is 4.13. The molecular formula is C23H19N5O2S. The van der Waals surface area contributed by atoms with Gasteiger partial charge in [0, 0.05) is 5.70 Å². The summed E-state index contributed by atoms with van der Waals surface area (Å²) in [6, 6.07) is 27.7. The Hall–Kier alpha value is -3.91. The number of nitrogens with zero attached hydrogens (tertiary/aromatic N) is 3. The van der Waals surface area contributed by atoms with Gasteiger partial charge in [0.2, 0.25) is 5.95 Å². The third-order valence-corrected chi connectivity index (χ3v) is 6.31. The first kappa shape index (κ1) is 19.1. The van der Waals surface area contributed by atoms with Crippen LogP contribution in [0, 0.1) is 0 Å². The first-order valence-corrected chi connectivity index (χ1v) is 11.2. The molecule has 0 bridgehead atoms. The summed E-state index contributed by atoms with van der Waals surface area (Å²) in [5, 5.41) is 7.73. The fourth-order valence-corrected chi connectivity index (χ4v) is 4.45. The summed E-state index contributed by atoms with van der Waals surface area (Å²) in [5.41, 5.74) is 2.90. The number of aromatic nitrogens is 3. The zero-order chi connectivity index (χ0) is 21.3. The third-order valence-electron chi connectivity index (χ3n) is 4.97. The Morgan fingerprint density at radius 1 is 0.839 bits per heavy atom. The minimum Gasteiger partial charge on any atom is -0.324 e. The number of fused-ring (bicyclic) bond motifs is 1. The molecule has 154 valence electrons. The van der Waals surface area contributed by atoms with Crippen molar-refractivity contribution in [3.63, 3.8) is 0 Å². The molecule has 7 nitrogen and oxygen atoms in total. The van der Waals surface area contributed by atoms with E-state index in [0.717, 1.165) is 16.8 Å². The second-order valence-electron chi connectivity index (χ2n) is 7.05. The molecule has 0 fully saturated rings. The minimum absolute atomic E-state index is 0.00926. The van der Waals surface area contributed by atoms with Gasteiger partial charge < -0.3 is 5.32 Å². The second-order valence-corrected chi connectivity index (χ2v) is 8.73. The molecule has 5 rings (SSSR count). The van der Waals surface area contributed by atoms with Crippen LogP contribution in [0.15, 0.2) is 102 Å². The largest absolute Gasteiger partial charge is 0.324 e. The Morgan fingerprint density at radius 2 is 1.45 bits per heavy atom. The molecule has 0 aliphatic carbocycles. The maximum atomic E-state index is 12.7. The molecule has 1 aliphatic rings. The number of sulfonamides is 1. The Balaban J connectivity index is 1.54. The van der Waals surface area contributed by atoms with E-state index in [0.29, 0.717) is 5.95 Å². The van der Waals surface area contributed by atoms with E-state index >= 15 is 0 Å². The van der Waals surface area contributed by atoms with E-state index in [9.17, 15) is 8.42 Å². The summed E-state index contributed by atoms with van der Waals surface area (Å²) in [6.45, 7) is 0. The van der Waals surface area contributed by atoms with Crippen molar-refractivity contribution in [2.75, 3.05) is 10.0 Å². The van der Waals surface area contributed by atoms with Crippen molar-refractivity contribution in [2.45, 2.75) is 10.9 Å². The molecule has 0 unspecified atom stereocenters. The molecule has 1 atom stereocenters. The average molecular weight is 430 g/mol. The molecule has 0 amide bonds. The lowest BCUT2D eigenvalue weighted by molar-refractivity contribution is 0.598. The SMILES string of the molecule is O=S(=O)(Nc1nc2n(n1)[C@H](c1ccccc1)C=C(c1ccccc1)N2)c1ccccc1. The van der Waals surface area contributed by atoms with Crippen LogP contribution in [0.5, 0.6) is 0 Å². The van der Waals surface area contributed by atoms with Crippen molar-refractivity contribution in [1.82, 2.24) is 14.8 Å². The molecular weight excluding hydrogens is 410 g/mol. The lowest BCUT2D eigenvalue weighted by Crippen LogP contribution is -2.20. The number of hydrogen-bond donors (Lipinski definition) is 2. The summed E-state index contributed by atoms with van der Waals surface area (Å²) in [7, 11) is -3.79. The molecule has 2 heterocycles. The van der Waals surface area contributed by atoms with Gasteiger partial charge in [0.25, 0.3) is 16.0 Å². The molecule has 31 heavy (non-hydrogen) atoms. The highest BCUT2D eigenvalue weighted by Crippen LogP contribution is 2.33. The smallest absolute Gasteiger partial charge is 0.264 e. The van der Waals surface area contributed by atoms with E-state index in [1.807, 2.05) is 60.7 Å². The number of allylic oxidation sites excluding steroid dienone is 1. The highest BCUT2D eigenvalue weighted by molar-refractivity contribution is 7.92. The summed E-state index contributed by atoms with van der Waals surface area (Å²) in [5.74, 6) is 0.468. The van der Waals surface area contributed by atoms with Crippen molar-refractivity contribution in [3.05, 3.63) is 108 Å². The first-order valence-electron chi connectivity index (χ1n) is 9.74. The predicted molar refractivity (Wildman–Crippen MR) is 120 cm³/mol. The molecule has 0 saturated carbocycles. The molecule has 0 spiro atoms. The van der Waals surface area contributed by atoms with Crippen LogP contribution in [0.1, 0.15) is 17.2 Å². The van der Waals surface area contributed by atoms with Gasteiger partial charge in [0.05, 0.1) is 4.90 Å². The standard InChI is InChI=1S/C23H19N5O2S/c29-31(30,19-14-8-3-9-15-19)27-22-25-23-24-20(17-10-4-1-5-11-17)16-21(28(23)26-22)18-12-6-2-7-13-18/h1-16,21H,(H2,24,25,26,27)/t21-/m0/s1. The summed E-state index contributed by atoms with van der Waals surface area (Å²) in [6.07, 6.45) is 2.06. The summed E-state index contributed by atoms with van der Waals surface area (Å²) < 4.78 is 29.6. The molecule has 8 heteroatoms. The van der Waals surface area contributed by atoms with E-state index in [2.05, 4.69) is 26.2 Å². The van der Waals surface area contributed by atoms with Gasteiger partial charge in [-0.2, -0.15) is 4.98 Å². The molecule has 3 aromatic carbocycles. The maximum Gasteiger partial charge on any atom is 0.264 e. The van der Waals surface area contributed by atoms with Gasteiger partial charge in [-0.05, 0) is 29.3 Å². The zero-order valence-electron chi connectivity index (χ0n) is 16.4. The van der Waals surface area contributed by atoms with Gasteiger partial charge in [-0.15, -0.1) is 5.10 Å². The Bertz CT molecular complexity index is 1330. The van der Waals surface area contributed by atoms with Gasteiger partial charge in [-0.3, -0.25) is 0 Å². The van der Waals surface area contributed by atoms with Crippen LogP contribution >= 0.6 is 0 Å². The van der Waals surface area contributed by atoms with Crippen molar-refractivity contribution in [3.8, 4) is 0 Å². The minimum atomic E-state index is -3.79. The Labute approximate surface area is 180 Å². The van der Waals surface area contributed by atoms with Gasteiger partial charge >= 0.3 is 0 Å². The Morgan fingerprint density at radius 3 is 2.13 bits per heavy atom. The highest BCUT2D eigenvalue weighted by Gasteiger charge is 2.26. The molecule has 2 N–H and O–H groups in total. The van der Waals surface area contributed by atoms with Crippen LogP contribution in [0.2, 0.25) is 0 Å². The van der Waals surface area contributed by atoms with Crippen molar-refractivity contribution >= 4 is 27.6 Å². The van der Waals surface area contributed by atoms with Gasteiger partial charge in [-0.25, -0.2) is 17.8 Å². The van der Waals surface area contributed by atoms with E-state index < -0.39 is 10.0 Å². The maximum absolute atomic E-state index is 12.7. The second kappa shape index (κ2) is 7.73. The Kier molecular flexibility index (Phi) is 4.76. The monoisotopic (exact) mass is 429 g/mol. The fourth-order valence-electron chi connectivity index (χ4n) is 3.49. The number of hydrogen-bond acceptors (Lipinski definition) is 5. The first-order chi connectivity index (χ1) is 15.1. The van der Waals surface area contributed by atoms with Crippen LogP contribution in [-0.2, 0) is 10.0 Å². The average Bonchev–Trinajstić information content (AvgIpc) is 3.21. The normalized spacial score (nSPS) is 15.5. The molecule has 0 radical (unpaired) electrons. The van der Waals surface area contributed by atoms with Crippen molar-refractivity contribution in [1.29, 1.82) is 0 Å². The van der Waals surface area contributed by atoms with Crippen molar-refractivity contribution < 1.29 is 8.42 Å². The van der Waals surface area contributed by atoms with Crippen LogP contribution < -0.4 is 10.0 Å². The number of anilines is 2. The van der Waals surface area contributed by atoms with E-state index in [4.69, 9.17) is 0 Å². The van der Waals surface area contributed by atoms with Crippen LogP contribution in [-0.4, -0.2) is 23.2 Å². The van der Waals surface area contributed by atoms with E-state index in [1.165, 1.54) is 12.1 Å². The molecule has 1 aliphatic heterocycles. The fraction of sp³-hybridized carbons (Fsp3) is 0.0435. The molecule has 4 aromatic rings. The highest BCUT2D eigenvalue weighted by atomic mass is 32.2. The topological polar surface area (TPSA) is 88.9 Å². The summed E-state index contributed by atoms with van der Waals surface area (Å²) in [4.78, 5) is 4.57. The van der Waals surface area contributed by atoms with Gasteiger partial charge in [0.1, 0.15) is 6.04 Å². The zero-order valence-corrected chi connectivity index (χ0v) is 17.2. The van der Waals surface area contributed by atoms with Crippen LogP contribution in [0.4, 0.5) is 11.9 Å². The quantitative estimate of drug-likeness (QED) is 0.498. The number of rotatable bonds is 5. The molecule has 1 aromatic heterocycles. The number of benzene rings is 3. The van der Waals surface area contributed by atoms with E-state index in [1.54, 1.807) is 22.9 Å². The van der Waals surface area contributed by atoms with E-state index in [-0.39, 0.29) is 16.9 Å². The van der Waals surface area contributed by atoms with Crippen LogP contribution in [0.3, 0.4) is 0 Å². The van der Waals surface area contributed by atoms with Crippen molar-refractivity contribution in [2.24, 2.45) is 0 Å². The van der Waals surface area contributed by atoms with Gasteiger partial charge in [0.15, 0.2) is 0 Å². The number of nitrogens with one attached hydrogen (secondary N) is 2. The van der Waals surface area contributed by atoms with Crippen LogP contribution in [0.25, 0.3) is 5.70 Å².